The van der Waals surface area contributed by atoms with Crippen LogP contribution in [0.15, 0.2) is 72.9 Å². The molecule has 0 unspecified atom stereocenters. The predicted octanol–water partition coefficient (Wildman–Crippen LogP) is 5.74. The molecule has 0 atom stereocenters. The first-order chi connectivity index (χ1) is 17.2. The maximum atomic E-state index is 13.2. The third-order valence-electron chi connectivity index (χ3n) is 5.46. The van der Waals surface area contributed by atoms with Gasteiger partial charge in [-0.25, -0.2) is 9.78 Å². The molecule has 0 fully saturated rings. The molecule has 0 aliphatic heterocycles. The Balaban J connectivity index is 1.32. The summed E-state index contributed by atoms with van der Waals surface area (Å²) in [6.45, 7) is 6.06. The number of ketones is 1. The fourth-order valence-electron chi connectivity index (χ4n) is 3.82. The summed E-state index contributed by atoms with van der Waals surface area (Å²) in [6, 6.07) is 20.8. The van der Waals surface area contributed by atoms with Crippen LogP contribution in [-0.2, 0) is 6.61 Å². The van der Waals surface area contributed by atoms with Crippen molar-refractivity contribution < 1.29 is 19.1 Å². The molecule has 182 valence electrons. The number of carbonyl (C=O) groups excluding carboxylic acids is 2. The zero-order chi connectivity index (χ0) is 25.3. The van der Waals surface area contributed by atoms with E-state index in [0.29, 0.717) is 29.0 Å². The number of fused-ring (bicyclic) bond motifs is 2. The van der Waals surface area contributed by atoms with Crippen LogP contribution in [-0.4, -0.2) is 32.4 Å². The number of benzene rings is 2. The van der Waals surface area contributed by atoms with E-state index in [0.717, 1.165) is 22.2 Å². The highest BCUT2D eigenvalue weighted by Crippen LogP contribution is 2.25. The van der Waals surface area contributed by atoms with Crippen LogP contribution in [0.1, 0.15) is 42.5 Å². The summed E-state index contributed by atoms with van der Waals surface area (Å²) in [4.78, 5) is 35.7. The Morgan fingerprint density at radius 2 is 1.61 bits per heavy atom. The molecule has 5 aromatic rings. The van der Waals surface area contributed by atoms with Gasteiger partial charge in [0, 0.05) is 21.8 Å². The number of hydrogen-bond acceptors (Lipinski definition) is 5. The van der Waals surface area contributed by atoms with Gasteiger partial charge in [0.05, 0.1) is 17.6 Å². The topological polar surface area (TPSA) is 109 Å². The molecule has 2 aromatic carbocycles. The van der Waals surface area contributed by atoms with Crippen LogP contribution < -0.4 is 14.8 Å². The number of amides is 1. The van der Waals surface area contributed by atoms with Crippen LogP contribution >= 0.6 is 0 Å². The highest BCUT2D eigenvalue weighted by atomic mass is 16.6. The summed E-state index contributed by atoms with van der Waals surface area (Å²) in [6.07, 6.45) is 0.871. The van der Waals surface area contributed by atoms with Crippen molar-refractivity contribution in [3.8, 4) is 11.5 Å². The lowest BCUT2D eigenvalue weighted by molar-refractivity contribution is 0.103. The fourth-order valence-corrected chi connectivity index (χ4v) is 3.82. The molecule has 0 saturated heterocycles. The Kier molecular flexibility index (Phi) is 5.93. The molecule has 5 rings (SSSR count). The summed E-state index contributed by atoms with van der Waals surface area (Å²) in [7, 11) is 0. The molecule has 1 amide bonds. The Morgan fingerprint density at radius 1 is 0.889 bits per heavy atom. The Labute approximate surface area is 207 Å². The van der Waals surface area contributed by atoms with Gasteiger partial charge in [0.1, 0.15) is 18.0 Å². The quantitative estimate of drug-likeness (QED) is 0.267. The number of aromatic nitrogens is 3. The molecule has 0 aliphatic carbocycles. The monoisotopic (exact) mass is 482 g/mol. The zero-order valence-electron chi connectivity index (χ0n) is 20.2. The number of H-pyrrole nitrogens is 2. The molecule has 3 heterocycles. The van der Waals surface area contributed by atoms with Gasteiger partial charge in [-0.1, -0.05) is 30.3 Å². The molecular formula is C28H26N4O4. The molecule has 0 radical (unpaired) electrons. The average molecular weight is 483 g/mol. The first-order valence-corrected chi connectivity index (χ1v) is 11.6. The SMILES string of the molecule is CC(C)(C)NC(=O)Oc1cnc2[nH]c(C(=O)c3cc4cc(OCc5ccccc5)ccc4[nH]3)cc2c1. The van der Waals surface area contributed by atoms with Crippen molar-refractivity contribution >= 4 is 33.8 Å². The number of ether oxygens (including phenoxy) is 2. The van der Waals surface area contributed by atoms with Crippen molar-refractivity contribution in [2.45, 2.75) is 32.9 Å². The van der Waals surface area contributed by atoms with E-state index in [1.54, 1.807) is 18.2 Å². The molecule has 8 heteroatoms. The lowest BCUT2D eigenvalue weighted by Gasteiger charge is -2.19. The van der Waals surface area contributed by atoms with Crippen LogP contribution in [0.2, 0.25) is 0 Å². The number of aromatic amines is 2. The highest BCUT2D eigenvalue weighted by molar-refractivity contribution is 6.11. The molecule has 8 nitrogen and oxygen atoms in total. The largest absolute Gasteiger partial charge is 0.489 e. The van der Waals surface area contributed by atoms with Crippen molar-refractivity contribution in [1.29, 1.82) is 0 Å². The van der Waals surface area contributed by atoms with Crippen LogP contribution in [0.25, 0.3) is 21.9 Å². The van der Waals surface area contributed by atoms with E-state index in [4.69, 9.17) is 9.47 Å². The number of pyridine rings is 1. The second-order valence-electron chi connectivity index (χ2n) is 9.59. The van der Waals surface area contributed by atoms with E-state index in [9.17, 15) is 9.59 Å². The lowest BCUT2D eigenvalue weighted by atomic mass is 10.1. The average Bonchev–Trinajstić information content (AvgIpc) is 3.45. The third-order valence-corrected chi connectivity index (χ3v) is 5.46. The van der Waals surface area contributed by atoms with Gasteiger partial charge in [0.15, 0.2) is 5.75 Å². The third kappa shape index (κ3) is 5.22. The van der Waals surface area contributed by atoms with Crippen molar-refractivity contribution in [2.24, 2.45) is 0 Å². The van der Waals surface area contributed by atoms with Gasteiger partial charge < -0.3 is 24.8 Å². The van der Waals surface area contributed by atoms with E-state index >= 15 is 0 Å². The van der Waals surface area contributed by atoms with Gasteiger partial charge in [-0.3, -0.25) is 4.79 Å². The molecule has 0 bridgehead atoms. The standard InChI is InChI=1S/C28H26N4O4/c1-28(2,3)32-27(34)36-21-12-19-14-24(31-26(19)29-15-21)25(33)23-13-18-11-20(9-10-22(18)30-23)35-16-17-7-5-4-6-8-17/h4-15,30H,16H2,1-3H3,(H,29,31)(H,32,34). The summed E-state index contributed by atoms with van der Waals surface area (Å²) >= 11 is 0. The molecule has 0 aliphatic rings. The van der Waals surface area contributed by atoms with Crippen molar-refractivity contribution in [2.75, 3.05) is 0 Å². The van der Waals surface area contributed by atoms with E-state index in [1.165, 1.54) is 6.20 Å². The summed E-state index contributed by atoms with van der Waals surface area (Å²) in [5.41, 5.74) is 2.84. The van der Waals surface area contributed by atoms with Crippen LogP contribution in [0, 0.1) is 0 Å². The van der Waals surface area contributed by atoms with Gasteiger partial charge >= 0.3 is 6.09 Å². The zero-order valence-corrected chi connectivity index (χ0v) is 20.2. The second-order valence-corrected chi connectivity index (χ2v) is 9.59. The Bertz CT molecular complexity index is 1560. The predicted molar refractivity (Wildman–Crippen MR) is 138 cm³/mol. The fraction of sp³-hybridized carbons (Fsp3) is 0.179. The Hall–Kier alpha value is -4.59. The summed E-state index contributed by atoms with van der Waals surface area (Å²) in [5, 5.41) is 4.26. The van der Waals surface area contributed by atoms with Gasteiger partial charge in [-0.2, -0.15) is 0 Å². The smallest absolute Gasteiger partial charge is 0.413 e. The van der Waals surface area contributed by atoms with E-state index < -0.39 is 11.6 Å². The molecule has 0 spiro atoms. The number of hydrogen-bond donors (Lipinski definition) is 3. The maximum Gasteiger partial charge on any atom is 0.413 e. The molecule has 3 N–H and O–H groups in total. The van der Waals surface area contributed by atoms with Crippen LogP contribution in [0.4, 0.5) is 4.79 Å². The van der Waals surface area contributed by atoms with Crippen molar-refractivity contribution in [1.82, 2.24) is 20.3 Å². The maximum absolute atomic E-state index is 13.2. The normalized spacial score (nSPS) is 11.5. The molecule has 36 heavy (non-hydrogen) atoms. The van der Waals surface area contributed by atoms with E-state index in [2.05, 4.69) is 20.3 Å². The van der Waals surface area contributed by atoms with Crippen LogP contribution in [0.3, 0.4) is 0 Å². The highest BCUT2D eigenvalue weighted by Gasteiger charge is 2.18. The minimum Gasteiger partial charge on any atom is -0.489 e. The van der Waals surface area contributed by atoms with Gasteiger partial charge in [-0.05, 0) is 62.7 Å². The summed E-state index contributed by atoms with van der Waals surface area (Å²) < 4.78 is 11.2. The van der Waals surface area contributed by atoms with E-state index in [-0.39, 0.29) is 11.5 Å². The first kappa shape index (κ1) is 23.2. The molecule has 3 aromatic heterocycles. The first-order valence-electron chi connectivity index (χ1n) is 11.6. The van der Waals surface area contributed by atoms with Crippen molar-refractivity contribution in [3.05, 3.63) is 89.9 Å². The van der Waals surface area contributed by atoms with Gasteiger partial charge in [-0.15, -0.1) is 0 Å². The van der Waals surface area contributed by atoms with Gasteiger partial charge in [0.25, 0.3) is 0 Å². The Morgan fingerprint density at radius 3 is 2.39 bits per heavy atom. The minimum atomic E-state index is -0.569. The number of rotatable bonds is 6. The van der Waals surface area contributed by atoms with Crippen molar-refractivity contribution in [3.63, 3.8) is 0 Å². The minimum absolute atomic E-state index is 0.205. The van der Waals surface area contributed by atoms with Crippen LogP contribution in [0.5, 0.6) is 11.5 Å². The summed E-state index contributed by atoms with van der Waals surface area (Å²) in [5.74, 6) is 0.807. The van der Waals surface area contributed by atoms with Gasteiger partial charge in [0.2, 0.25) is 5.78 Å². The number of nitrogens with zero attached hydrogens (tertiary/aromatic N) is 1. The number of nitrogens with one attached hydrogen (secondary N) is 3. The molecule has 0 saturated carbocycles. The second kappa shape index (κ2) is 9.22. The van der Waals surface area contributed by atoms with E-state index in [1.807, 2.05) is 69.3 Å². The number of carbonyl (C=O) groups is 2. The molecular weight excluding hydrogens is 456 g/mol. The lowest BCUT2D eigenvalue weighted by Crippen LogP contribution is -2.42.